The SMILES string of the molecule is CCCNc1cccc(-c2ccc(C)cc2C)n1. The van der Waals surface area contributed by atoms with Crippen molar-refractivity contribution in [3.63, 3.8) is 0 Å². The van der Waals surface area contributed by atoms with E-state index in [1.54, 1.807) is 0 Å². The van der Waals surface area contributed by atoms with Crippen LogP contribution in [0.15, 0.2) is 36.4 Å². The maximum Gasteiger partial charge on any atom is 0.126 e. The van der Waals surface area contributed by atoms with Crippen LogP contribution in [0.3, 0.4) is 0 Å². The summed E-state index contributed by atoms with van der Waals surface area (Å²) < 4.78 is 0. The van der Waals surface area contributed by atoms with Crippen LogP contribution in [0.5, 0.6) is 0 Å². The maximum atomic E-state index is 4.66. The Morgan fingerprint density at radius 2 is 1.94 bits per heavy atom. The van der Waals surface area contributed by atoms with Gasteiger partial charge in [0.05, 0.1) is 5.69 Å². The van der Waals surface area contributed by atoms with Crippen LogP contribution in [-0.2, 0) is 0 Å². The smallest absolute Gasteiger partial charge is 0.126 e. The van der Waals surface area contributed by atoms with E-state index in [2.05, 4.69) is 61.4 Å². The molecule has 0 atom stereocenters. The van der Waals surface area contributed by atoms with Crippen molar-refractivity contribution in [1.82, 2.24) is 4.98 Å². The summed E-state index contributed by atoms with van der Waals surface area (Å²) in [6, 6.07) is 12.6. The van der Waals surface area contributed by atoms with Gasteiger partial charge in [-0.1, -0.05) is 36.8 Å². The highest BCUT2D eigenvalue weighted by Gasteiger charge is 2.04. The van der Waals surface area contributed by atoms with Crippen molar-refractivity contribution < 1.29 is 0 Å². The summed E-state index contributed by atoms with van der Waals surface area (Å²) >= 11 is 0. The monoisotopic (exact) mass is 240 g/mol. The lowest BCUT2D eigenvalue weighted by atomic mass is 10.0. The number of pyridine rings is 1. The third-order valence-corrected chi connectivity index (χ3v) is 2.96. The van der Waals surface area contributed by atoms with E-state index in [9.17, 15) is 0 Å². The van der Waals surface area contributed by atoms with Gasteiger partial charge in [0.25, 0.3) is 0 Å². The molecule has 1 aromatic heterocycles. The molecule has 2 rings (SSSR count). The van der Waals surface area contributed by atoms with Gasteiger partial charge in [0.2, 0.25) is 0 Å². The third-order valence-electron chi connectivity index (χ3n) is 2.96. The first-order chi connectivity index (χ1) is 8.70. The number of nitrogens with zero attached hydrogens (tertiary/aromatic N) is 1. The maximum absolute atomic E-state index is 4.66. The molecule has 0 saturated carbocycles. The minimum Gasteiger partial charge on any atom is -0.370 e. The molecule has 0 saturated heterocycles. The molecule has 0 aliphatic rings. The highest BCUT2D eigenvalue weighted by molar-refractivity contribution is 5.65. The van der Waals surface area contributed by atoms with E-state index in [0.29, 0.717) is 0 Å². The predicted octanol–water partition coefficient (Wildman–Crippen LogP) is 4.19. The molecule has 94 valence electrons. The van der Waals surface area contributed by atoms with Crippen molar-refractivity contribution in [3.8, 4) is 11.3 Å². The first-order valence-corrected chi connectivity index (χ1v) is 6.49. The van der Waals surface area contributed by atoms with E-state index in [1.165, 1.54) is 16.7 Å². The van der Waals surface area contributed by atoms with Crippen molar-refractivity contribution >= 4 is 5.82 Å². The normalized spacial score (nSPS) is 10.4. The van der Waals surface area contributed by atoms with Gasteiger partial charge in [0, 0.05) is 12.1 Å². The summed E-state index contributed by atoms with van der Waals surface area (Å²) in [6.07, 6.45) is 1.11. The summed E-state index contributed by atoms with van der Waals surface area (Å²) in [5, 5.41) is 3.32. The summed E-state index contributed by atoms with van der Waals surface area (Å²) in [7, 11) is 0. The van der Waals surface area contributed by atoms with Crippen molar-refractivity contribution in [2.45, 2.75) is 27.2 Å². The fourth-order valence-corrected chi connectivity index (χ4v) is 2.04. The molecule has 1 N–H and O–H groups in total. The molecule has 1 heterocycles. The van der Waals surface area contributed by atoms with E-state index in [-0.39, 0.29) is 0 Å². The summed E-state index contributed by atoms with van der Waals surface area (Å²) in [5.74, 6) is 0.953. The van der Waals surface area contributed by atoms with Crippen LogP contribution in [0.1, 0.15) is 24.5 Å². The molecule has 2 aromatic rings. The number of benzene rings is 1. The Kier molecular flexibility index (Phi) is 3.98. The molecule has 0 amide bonds. The average molecular weight is 240 g/mol. The highest BCUT2D eigenvalue weighted by Crippen LogP contribution is 2.23. The Labute approximate surface area is 109 Å². The molecule has 0 radical (unpaired) electrons. The Morgan fingerprint density at radius 3 is 2.67 bits per heavy atom. The van der Waals surface area contributed by atoms with E-state index >= 15 is 0 Å². The molecule has 2 nitrogen and oxygen atoms in total. The largest absolute Gasteiger partial charge is 0.370 e. The molecule has 2 heteroatoms. The average Bonchev–Trinajstić information content (AvgIpc) is 2.36. The minimum absolute atomic E-state index is 0.953. The predicted molar refractivity (Wildman–Crippen MR) is 77.9 cm³/mol. The number of hydrogen-bond acceptors (Lipinski definition) is 2. The van der Waals surface area contributed by atoms with Gasteiger partial charge < -0.3 is 5.32 Å². The second kappa shape index (κ2) is 5.67. The van der Waals surface area contributed by atoms with E-state index in [4.69, 9.17) is 0 Å². The molecular weight excluding hydrogens is 220 g/mol. The molecule has 18 heavy (non-hydrogen) atoms. The topological polar surface area (TPSA) is 24.9 Å². The minimum atomic E-state index is 0.953. The second-order valence-corrected chi connectivity index (χ2v) is 4.65. The lowest BCUT2D eigenvalue weighted by Gasteiger charge is -2.09. The van der Waals surface area contributed by atoms with Gasteiger partial charge in [-0.25, -0.2) is 4.98 Å². The fraction of sp³-hybridized carbons (Fsp3) is 0.312. The summed E-state index contributed by atoms with van der Waals surface area (Å²) in [6.45, 7) is 7.36. The Balaban J connectivity index is 2.32. The van der Waals surface area contributed by atoms with Crippen LogP contribution in [0.4, 0.5) is 5.82 Å². The van der Waals surface area contributed by atoms with E-state index in [1.807, 2.05) is 6.07 Å². The van der Waals surface area contributed by atoms with Gasteiger partial charge in [-0.3, -0.25) is 0 Å². The number of aryl methyl sites for hydroxylation is 2. The van der Waals surface area contributed by atoms with Crippen molar-refractivity contribution in [3.05, 3.63) is 47.5 Å². The van der Waals surface area contributed by atoms with Crippen LogP contribution in [0.25, 0.3) is 11.3 Å². The van der Waals surface area contributed by atoms with Crippen LogP contribution >= 0.6 is 0 Å². The van der Waals surface area contributed by atoms with Crippen LogP contribution in [0, 0.1) is 13.8 Å². The van der Waals surface area contributed by atoms with Crippen molar-refractivity contribution in [2.24, 2.45) is 0 Å². The third kappa shape index (κ3) is 2.89. The molecule has 1 aromatic carbocycles. The number of anilines is 1. The van der Waals surface area contributed by atoms with Gasteiger partial charge in [-0.2, -0.15) is 0 Å². The molecular formula is C16H20N2. The zero-order chi connectivity index (χ0) is 13.0. The Bertz CT molecular complexity index is 532. The molecule has 0 spiro atoms. The lowest BCUT2D eigenvalue weighted by Crippen LogP contribution is -2.02. The first-order valence-electron chi connectivity index (χ1n) is 6.49. The molecule has 0 aliphatic carbocycles. The van der Waals surface area contributed by atoms with Gasteiger partial charge in [0.1, 0.15) is 5.82 Å². The summed E-state index contributed by atoms with van der Waals surface area (Å²) in [4.78, 5) is 4.66. The quantitative estimate of drug-likeness (QED) is 0.866. The van der Waals surface area contributed by atoms with Gasteiger partial charge in [-0.05, 0) is 38.0 Å². The Morgan fingerprint density at radius 1 is 1.11 bits per heavy atom. The standard InChI is InChI=1S/C16H20N2/c1-4-10-17-16-7-5-6-15(18-16)14-9-8-12(2)11-13(14)3/h5-9,11H,4,10H2,1-3H3,(H,17,18). The second-order valence-electron chi connectivity index (χ2n) is 4.65. The lowest BCUT2D eigenvalue weighted by molar-refractivity contribution is 0.970. The van der Waals surface area contributed by atoms with Crippen LogP contribution < -0.4 is 5.32 Å². The van der Waals surface area contributed by atoms with Gasteiger partial charge in [-0.15, -0.1) is 0 Å². The van der Waals surface area contributed by atoms with Gasteiger partial charge in [0.15, 0.2) is 0 Å². The fourth-order valence-electron chi connectivity index (χ4n) is 2.04. The number of rotatable bonds is 4. The Hall–Kier alpha value is -1.83. The van der Waals surface area contributed by atoms with Crippen LogP contribution in [0.2, 0.25) is 0 Å². The number of hydrogen-bond donors (Lipinski definition) is 1. The zero-order valence-electron chi connectivity index (χ0n) is 11.3. The summed E-state index contributed by atoms with van der Waals surface area (Å²) in [5.41, 5.74) is 4.81. The van der Waals surface area contributed by atoms with Gasteiger partial charge >= 0.3 is 0 Å². The van der Waals surface area contributed by atoms with Crippen molar-refractivity contribution in [2.75, 3.05) is 11.9 Å². The first kappa shape index (κ1) is 12.6. The molecule has 0 bridgehead atoms. The van der Waals surface area contributed by atoms with Crippen LogP contribution in [-0.4, -0.2) is 11.5 Å². The molecule has 0 fully saturated rings. The number of aromatic nitrogens is 1. The molecule has 0 unspecified atom stereocenters. The van der Waals surface area contributed by atoms with Crippen molar-refractivity contribution in [1.29, 1.82) is 0 Å². The highest BCUT2D eigenvalue weighted by atomic mass is 15.0. The zero-order valence-corrected chi connectivity index (χ0v) is 11.3. The van der Waals surface area contributed by atoms with E-state index < -0.39 is 0 Å². The number of nitrogens with one attached hydrogen (secondary N) is 1. The van der Waals surface area contributed by atoms with E-state index in [0.717, 1.165) is 24.5 Å². The molecule has 0 aliphatic heterocycles.